The van der Waals surface area contributed by atoms with Crippen molar-refractivity contribution in [1.82, 2.24) is 5.32 Å². The lowest BCUT2D eigenvalue weighted by Crippen LogP contribution is -2.45. The number of nitrogens with two attached hydrogens (primary N) is 1. The van der Waals surface area contributed by atoms with E-state index < -0.39 is 20.0 Å². The zero-order chi connectivity index (χ0) is 39.6. The normalized spacial score (nSPS) is 14.1. The fourth-order valence-electron chi connectivity index (χ4n) is 7.07. The van der Waals surface area contributed by atoms with E-state index in [9.17, 15) is 19.4 Å². The van der Waals surface area contributed by atoms with E-state index in [2.05, 4.69) is 19.2 Å². The summed E-state index contributed by atoms with van der Waals surface area (Å²) in [5.74, 6) is -0.189. The largest absolute Gasteiger partial charge is 0.472 e. The average molecular weight is 787 g/mol. The molecule has 0 heterocycles. The second kappa shape index (κ2) is 41.9. The third-order valence-electron chi connectivity index (χ3n) is 10.6. The highest BCUT2D eigenvalue weighted by atomic mass is 31.2. The van der Waals surface area contributed by atoms with E-state index in [1.165, 1.54) is 180 Å². The van der Waals surface area contributed by atoms with Gasteiger partial charge in [0, 0.05) is 13.0 Å². The summed E-state index contributed by atoms with van der Waals surface area (Å²) in [4.78, 5) is 22.7. The van der Waals surface area contributed by atoms with Gasteiger partial charge < -0.3 is 21.1 Å². The van der Waals surface area contributed by atoms with Crippen molar-refractivity contribution in [2.75, 3.05) is 19.8 Å². The molecule has 8 nitrogen and oxygen atoms in total. The quantitative estimate of drug-likeness (QED) is 0.0275. The Labute approximate surface area is 335 Å². The average Bonchev–Trinajstić information content (AvgIpc) is 3.16. The van der Waals surface area contributed by atoms with Crippen LogP contribution in [0.3, 0.4) is 0 Å². The molecule has 0 spiro atoms. The molecule has 54 heavy (non-hydrogen) atoms. The lowest BCUT2D eigenvalue weighted by molar-refractivity contribution is -0.123. The minimum absolute atomic E-state index is 0.0815. The van der Waals surface area contributed by atoms with Crippen molar-refractivity contribution < 1.29 is 28.4 Å². The van der Waals surface area contributed by atoms with Crippen molar-refractivity contribution in [1.29, 1.82) is 0 Å². The molecule has 9 heteroatoms. The van der Waals surface area contributed by atoms with E-state index in [1.807, 2.05) is 6.08 Å². The number of nitrogens with one attached hydrogen (secondary N) is 1. The second-order valence-electron chi connectivity index (χ2n) is 16.0. The molecule has 0 fully saturated rings. The number of hydrogen-bond donors (Lipinski definition) is 4. The number of aliphatic hydroxyl groups is 1. The van der Waals surface area contributed by atoms with Crippen LogP contribution in [-0.4, -0.2) is 47.8 Å². The van der Waals surface area contributed by atoms with Crippen LogP contribution in [-0.2, 0) is 18.4 Å². The highest BCUT2D eigenvalue weighted by Crippen LogP contribution is 2.43. The summed E-state index contributed by atoms with van der Waals surface area (Å²) >= 11 is 0. The minimum atomic E-state index is -4.33. The van der Waals surface area contributed by atoms with E-state index in [4.69, 9.17) is 14.8 Å². The molecule has 0 radical (unpaired) electrons. The lowest BCUT2D eigenvalue weighted by atomic mass is 10.0. The Kier molecular flexibility index (Phi) is 41.3. The molecule has 0 rings (SSSR count). The van der Waals surface area contributed by atoms with E-state index in [-0.39, 0.29) is 25.7 Å². The molecule has 0 saturated heterocycles. The maximum absolute atomic E-state index is 12.8. The number of hydrogen-bond acceptors (Lipinski definition) is 6. The van der Waals surface area contributed by atoms with Crippen molar-refractivity contribution in [2.24, 2.45) is 5.73 Å². The van der Waals surface area contributed by atoms with Gasteiger partial charge in [0.1, 0.15) is 0 Å². The number of phosphoric ester groups is 1. The van der Waals surface area contributed by atoms with Gasteiger partial charge in [-0.3, -0.25) is 13.8 Å². The first kappa shape index (κ1) is 53.2. The Morgan fingerprint density at radius 2 is 0.944 bits per heavy atom. The zero-order valence-corrected chi connectivity index (χ0v) is 36.6. The molecule has 0 aliphatic heterocycles. The molecular weight excluding hydrogens is 695 g/mol. The van der Waals surface area contributed by atoms with Gasteiger partial charge in [-0.1, -0.05) is 225 Å². The Bertz CT molecular complexity index is 860. The van der Waals surface area contributed by atoms with Gasteiger partial charge in [0.05, 0.1) is 25.4 Å². The molecule has 1 amide bonds. The highest BCUT2D eigenvalue weighted by molar-refractivity contribution is 7.47. The summed E-state index contributed by atoms with van der Waals surface area (Å²) in [5.41, 5.74) is 5.38. The van der Waals surface area contributed by atoms with Gasteiger partial charge in [0.25, 0.3) is 0 Å². The van der Waals surface area contributed by atoms with Crippen LogP contribution in [0.1, 0.15) is 239 Å². The van der Waals surface area contributed by atoms with E-state index in [1.54, 1.807) is 6.08 Å². The first-order valence-electron chi connectivity index (χ1n) is 23.3. The van der Waals surface area contributed by atoms with Gasteiger partial charge in [-0.05, 0) is 19.3 Å². The van der Waals surface area contributed by atoms with Crippen LogP contribution in [0.5, 0.6) is 0 Å². The number of carbonyl (C=O) groups is 1. The molecule has 0 aromatic heterocycles. The standard InChI is InChI=1S/C45H91N2O6P/c1-3-5-7-9-11-13-15-17-19-21-22-23-25-27-29-31-33-35-37-39-45(49)47-43(42-53-54(50,51)52-41-40-46)44(48)38-36-34-32-30-28-26-24-20-18-16-14-12-10-8-6-4-2/h36,38,43-44,48H,3-35,37,39-42,46H2,1-2H3,(H,47,49)(H,50,51)/b38-36+/t43-,44+/m0/s1. The first-order valence-corrected chi connectivity index (χ1v) is 24.8. The third-order valence-corrected chi connectivity index (χ3v) is 11.6. The number of carbonyl (C=O) groups excluding carboxylic acids is 1. The Hall–Kier alpha value is -0.760. The lowest BCUT2D eigenvalue weighted by Gasteiger charge is -2.23. The van der Waals surface area contributed by atoms with Crippen LogP contribution in [0.15, 0.2) is 12.2 Å². The summed E-state index contributed by atoms with van der Waals surface area (Å²) in [6, 6.07) is -0.854. The van der Waals surface area contributed by atoms with Crippen molar-refractivity contribution in [3.63, 3.8) is 0 Å². The van der Waals surface area contributed by atoms with Crippen molar-refractivity contribution in [3.8, 4) is 0 Å². The van der Waals surface area contributed by atoms with Crippen LogP contribution < -0.4 is 11.1 Å². The van der Waals surface area contributed by atoms with Crippen LogP contribution in [0.25, 0.3) is 0 Å². The molecule has 0 aromatic carbocycles. The SMILES string of the molecule is CCCCCCCCCCCCCCCC/C=C/[C@@H](O)[C@H](COP(=O)(O)OCCN)NC(=O)CCCCCCCCCCCCCCCCCCCCC. The Balaban J connectivity index is 4.13. The molecule has 3 atom stereocenters. The molecular formula is C45H91N2O6P. The van der Waals surface area contributed by atoms with Crippen LogP contribution in [0, 0.1) is 0 Å². The minimum Gasteiger partial charge on any atom is -0.387 e. The van der Waals surface area contributed by atoms with Gasteiger partial charge in [-0.2, -0.15) is 0 Å². The number of unbranched alkanes of at least 4 members (excludes halogenated alkanes) is 32. The van der Waals surface area contributed by atoms with Gasteiger partial charge in [-0.25, -0.2) is 4.57 Å². The summed E-state index contributed by atoms with van der Waals surface area (Å²) in [6.07, 6.45) is 46.9. The Morgan fingerprint density at radius 1 is 0.593 bits per heavy atom. The van der Waals surface area contributed by atoms with E-state index in [0.29, 0.717) is 6.42 Å². The van der Waals surface area contributed by atoms with E-state index in [0.717, 1.165) is 38.5 Å². The van der Waals surface area contributed by atoms with E-state index >= 15 is 0 Å². The monoisotopic (exact) mass is 787 g/mol. The van der Waals surface area contributed by atoms with Gasteiger partial charge in [0.15, 0.2) is 0 Å². The fourth-order valence-corrected chi connectivity index (χ4v) is 7.83. The highest BCUT2D eigenvalue weighted by Gasteiger charge is 2.26. The topological polar surface area (TPSA) is 131 Å². The summed E-state index contributed by atoms with van der Waals surface area (Å²) in [5, 5.41) is 13.7. The molecule has 1 unspecified atom stereocenters. The van der Waals surface area contributed by atoms with Crippen LogP contribution in [0.2, 0.25) is 0 Å². The van der Waals surface area contributed by atoms with Gasteiger partial charge in [0.2, 0.25) is 5.91 Å². The van der Waals surface area contributed by atoms with Gasteiger partial charge in [-0.15, -0.1) is 0 Å². The zero-order valence-electron chi connectivity index (χ0n) is 35.7. The smallest absolute Gasteiger partial charge is 0.387 e. The maximum atomic E-state index is 12.8. The maximum Gasteiger partial charge on any atom is 0.472 e. The third kappa shape index (κ3) is 39.5. The molecule has 0 saturated carbocycles. The molecule has 0 aliphatic carbocycles. The number of aliphatic hydroxyl groups excluding tert-OH is 1. The van der Waals surface area contributed by atoms with Crippen molar-refractivity contribution >= 4 is 13.7 Å². The summed E-state index contributed by atoms with van der Waals surface area (Å²) < 4.78 is 22.2. The predicted octanol–water partition coefficient (Wildman–Crippen LogP) is 13.2. The molecule has 0 bridgehead atoms. The van der Waals surface area contributed by atoms with Gasteiger partial charge >= 0.3 is 7.82 Å². The number of phosphoric acid groups is 1. The number of rotatable bonds is 44. The molecule has 322 valence electrons. The Morgan fingerprint density at radius 3 is 1.31 bits per heavy atom. The van der Waals surface area contributed by atoms with Crippen molar-refractivity contribution in [3.05, 3.63) is 12.2 Å². The molecule has 0 aliphatic rings. The second-order valence-corrected chi connectivity index (χ2v) is 17.4. The fraction of sp³-hybridized carbons (Fsp3) is 0.933. The molecule has 5 N–H and O–H groups in total. The van der Waals surface area contributed by atoms with Crippen LogP contribution in [0.4, 0.5) is 0 Å². The van der Waals surface area contributed by atoms with Crippen LogP contribution >= 0.6 is 7.82 Å². The first-order chi connectivity index (χ1) is 26.4. The molecule has 0 aromatic rings. The van der Waals surface area contributed by atoms with Crippen molar-refractivity contribution in [2.45, 2.75) is 251 Å². The summed E-state index contributed by atoms with van der Waals surface area (Å²) in [6.45, 7) is 4.17. The predicted molar refractivity (Wildman–Crippen MR) is 231 cm³/mol. The number of amides is 1. The number of allylic oxidation sites excluding steroid dienone is 1. The summed E-state index contributed by atoms with van der Waals surface area (Å²) in [7, 11) is -4.33.